The van der Waals surface area contributed by atoms with Crippen LogP contribution >= 0.6 is 0 Å². The molecule has 0 heterocycles. The van der Waals surface area contributed by atoms with Crippen molar-refractivity contribution >= 4 is 12.0 Å². The molecule has 0 bridgehead atoms. The molecule has 2 aromatic rings. The molecule has 0 aliphatic carbocycles. The Morgan fingerprint density at radius 1 is 1.28 bits per heavy atom. The van der Waals surface area contributed by atoms with Crippen LogP contribution in [0.4, 0.5) is 8.78 Å². The van der Waals surface area contributed by atoms with Crippen LogP contribution in [-0.4, -0.2) is 24.7 Å². The fourth-order valence-corrected chi connectivity index (χ4v) is 2.26. The molecular formula is C19H19F2NO3. The van der Waals surface area contributed by atoms with Crippen LogP contribution in [0.5, 0.6) is 5.75 Å². The summed E-state index contributed by atoms with van der Waals surface area (Å²) in [6.07, 6.45) is 2.89. The third-order valence-corrected chi connectivity index (χ3v) is 3.64. The van der Waals surface area contributed by atoms with E-state index in [1.54, 1.807) is 37.5 Å². The van der Waals surface area contributed by atoms with Gasteiger partial charge in [0.05, 0.1) is 13.7 Å². The van der Waals surface area contributed by atoms with Gasteiger partial charge in [-0.1, -0.05) is 18.2 Å². The van der Waals surface area contributed by atoms with E-state index in [1.807, 2.05) is 0 Å². The van der Waals surface area contributed by atoms with Crippen LogP contribution in [0, 0.1) is 11.6 Å². The molecule has 1 amide bonds. The number of ether oxygens (including phenoxy) is 1. The molecule has 25 heavy (non-hydrogen) atoms. The lowest BCUT2D eigenvalue weighted by Gasteiger charge is -2.24. The molecule has 1 unspecified atom stereocenters. The van der Waals surface area contributed by atoms with Crippen molar-refractivity contribution in [3.05, 3.63) is 71.3 Å². The number of rotatable bonds is 6. The van der Waals surface area contributed by atoms with Gasteiger partial charge in [0, 0.05) is 17.7 Å². The third kappa shape index (κ3) is 5.12. The highest BCUT2D eigenvalue weighted by molar-refractivity contribution is 5.91. The predicted octanol–water partition coefficient (Wildman–Crippen LogP) is 3.01. The molecule has 4 nitrogen and oxygen atoms in total. The van der Waals surface area contributed by atoms with Crippen LogP contribution in [-0.2, 0) is 10.4 Å². The van der Waals surface area contributed by atoms with Gasteiger partial charge in [0.1, 0.15) is 23.0 Å². The van der Waals surface area contributed by atoms with E-state index in [0.717, 1.165) is 17.7 Å². The Morgan fingerprint density at radius 2 is 2.04 bits per heavy atom. The van der Waals surface area contributed by atoms with Crippen molar-refractivity contribution in [2.24, 2.45) is 0 Å². The van der Waals surface area contributed by atoms with Gasteiger partial charge in [0.15, 0.2) is 0 Å². The summed E-state index contributed by atoms with van der Waals surface area (Å²) < 4.78 is 31.8. The minimum absolute atomic E-state index is 0.0917. The van der Waals surface area contributed by atoms with Crippen LogP contribution < -0.4 is 10.1 Å². The zero-order chi connectivity index (χ0) is 18.4. The van der Waals surface area contributed by atoms with Crippen molar-refractivity contribution in [2.45, 2.75) is 12.5 Å². The normalized spacial score (nSPS) is 13.5. The summed E-state index contributed by atoms with van der Waals surface area (Å²) in [7, 11) is 1.55. The molecule has 0 saturated carbocycles. The first-order valence-electron chi connectivity index (χ1n) is 7.60. The molecule has 0 radical (unpaired) electrons. The maximum atomic E-state index is 13.8. The SMILES string of the molecule is COc1cccc(C=CC(=O)NCC(C)(O)c2ccc(F)cc2F)c1. The summed E-state index contributed by atoms with van der Waals surface area (Å²) in [4.78, 5) is 11.9. The minimum atomic E-state index is -1.67. The third-order valence-electron chi connectivity index (χ3n) is 3.64. The van der Waals surface area contributed by atoms with Crippen LogP contribution in [0.15, 0.2) is 48.5 Å². The number of hydrogen-bond acceptors (Lipinski definition) is 3. The molecule has 0 aromatic heterocycles. The summed E-state index contributed by atoms with van der Waals surface area (Å²) in [5.74, 6) is -1.39. The standard InChI is InChI=1S/C19H19F2NO3/c1-19(24,16-8-7-14(20)11-17(16)21)12-22-18(23)9-6-13-4-3-5-15(10-13)25-2/h3-11,24H,12H2,1-2H3,(H,22,23). The number of halogens is 2. The Kier molecular flexibility index (Phi) is 5.88. The van der Waals surface area contributed by atoms with Gasteiger partial charge in [0.25, 0.3) is 0 Å². The predicted molar refractivity (Wildman–Crippen MR) is 91.0 cm³/mol. The van der Waals surface area contributed by atoms with E-state index in [2.05, 4.69) is 5.32 Å². The van der Waals surface area contributed by atoms with Crippen LogP contribution in [0.1, 0.15) is 18.1 Å². The number of aliphatic hydroxyl groups is 1. The molecule has 0 aliphatic rings. The molecule has 2 aromatic carbocycles. The van der Waals surface area contributed by atoms with E-state index in [1.165, 1.54) is 13.0 Å². The summed E-state index contributed by atoms with van der Waals surface area (Å²) in [6.45, 7) is 1.12. The van der Waals surface area contributed by atoms with Gasteiger partial charge in [-0.25, -0.2) is 8.78 Å². The molecule has 0 spiro atoms. The molecule has 2 rings (SSSR count). The maximum Gasteiger partial charge on any atom is 0.244 e. The molecule has 132 valence electrons. The summed E-state index contributed by atoms with van der Waals surface area (Å²) in [6, 6.07) is 10.0. The second-order valence-corrected chi connectivity index (χ2v) is 5.73. The van der Waals surface area contributed by atoms with Crippen LogP contribution in [0.3, 0.4) is 0 Å². The number of carbonyl (C=O) groups is 1. The maximum absolute atomic E-state index is 13.8. The summed E-state index contributed by atoms with van der Waals surface area (Å²) in [5.41, 5.74) is -0.992. The van der Waals surface area contributed by atoms with Crippen molar-refractivity contribution in [1.29, 1.82) is 0 Å². The molecule has 0 saturated heterocycles. The Bertz CT molecular complexity index is 788. The van der Waals surface area contributed by atoms with Gasteiger partial charge in [-0.2, -0.15) is 0 Å². The van der Waals surface area contributed by atoms with Crippen molar-refractivity contribution in [2.75, 3.05) is 13.7 Å². The molecule has 0 aliphatic heterocycles. The molecule has 6 heteroatoms. The number of methoxy groups -OCH3 is 1. The van der Waals surface area contributed by atoms with E-state index >= 15 is 0 Å². The van der Waals surface area contributed by atoms with E-state index in [-0.39, 0.29) is 12.1 Å². The number of nitrogens with one attached hydrogen (secondary N) is 1. The largest absolute Gasteiger partial charge is 0.497 e. The first kappa shape index (κ1) is 18.6. The summed E-state index contributed by atoms with van der Waals surface area (Å²) >= 11 is 0. The van der Waals surface area contributed by atoms with Crippen LogP contribution in [0.25, 0.3) is 6.08 Å². The van der Waals surface area contributed by atoms with Gasteiger partial charge in [-0.3, -0.25) is 4.79 Å². The lowest BCUT2D eigenvalue weighted by atomic mass is 9.95. The Morgan fingerprint density at radius 3 is 2.72 bits per heavy atom. The average molecular weight is 347 g/mol. The first-order chi connectivity index (χ1) is 11.8. The zero-order valence-electron chi connectivity index (χ0n) is 13.9. The van der Waals surface area contributed by atoms with Gasteiger partial charge in [0.2, 0.25) is 5.91 Å². The molecule has 1 atom stereocenters. The highest BCUT2D eigenvalue weighted by Crippen LogP contribution is 2.23. The number of carbonyl (C=O) groups excluding carboxylic acids is 1. The van der Waals surface area contributed by atoms with Gasteiger partial charge in [-0.05, 0) is 36.8 Å². The number of benzene rings is 2. The quantitative estimate of drug-likeness (QED) is 0.790. The highest BCUT2D eigenvalue weighted by Gasteiger charge is 2.27. The summed E-state index contributed by atoms with van der Waals surface area (Å²) in [5, 5.41) is 12.8. The highest BCUT2D eigenvalue weighted by atomic mass is 19.1. The lowest BCUT2D eigenvalue weighted by molar-refractivity contribution is -0.117. The molecule has 2 N–H and O–H groups in total. The van der Waals surface area contributed by atoms with Crippen molar-refractivity contribution < 1.29 is 23.4 Å². The van der Waals surface area contributed by atoms with Crippen molar-refractivity contribution in [3.8, 4) is 5.75 Å². The second kappa shape index (κ2) is 7.90. The van der Waals surface area contributed by atoms with E-state index < -0.39 is 23.1 Å². The molecular weight excluding hydrogens is 328 g/mol. The van der Waals surface area contributed by atoms with E-state index in [0.29, 0.717) is 11.8 Å². The van der Waals surface area contributed by atoms with Gasteiger partial charge < -0.3 is 15.2 Å². The fraction of sp³-hybridized carbons (Fsp3) is 0.211. The number of hydrogen-bond donors (Lipinski definition) is 2. The fourth-order valence-electron chi connectivity index (χ4n) is 2.26. The van der Waals surface area contributed by atoms with Crippen LogP contribution in [0.2, 0.25) is 0 Å². The minimum Gasteiger partial charge on any atom is -0.497 e. The smallest absolute Gasteiger partial charge is 0.244 e. The van der Waals surface area contributed by atoms with E-state index in [9.17, 15) is 18.7 Å². The number of amides is 1. The zero-order valence-corrected chi connectivity index (χ0v) is 13.9. The lowest BCUT2D eigenvalue weighted by Crippen LogP contribution is -2.38. The monoisotopic (exact) mass is 347 g/mol. The van der Waals surface area contributed by atoms with E-state index in [4.69, 9.17) is 4.74 Å². The average Bonchev–Trinajstić information content (AvgIpc) is 2.58. The topological polar surface area (TPSA) is 58.6 Å². The Labute approximate surface area is 144 Å². The molecule has 0 fully saturated rings. The van der Waals surface area contributed by atoms with Crippen molar-refractivity contribution in [3.63, 3.8) is 0 Å². The Balaban J connectivity index is 1.99. The first-order valence-corrected chi connectivity index (χ1v) is 7.60. The Hall–Kier alpha value is -2.73. The van der Waals surface area contributed by atoms with Gasteiger partial charge in [-0.15, -0.1) is 0 Å². The van der Waals surface area contributed by atoms with Crippen molar-refractivity contribution in [1.82, 2.24) is 5.32 Å². The van der Waals surface area contributed by atoms with Gasteiger partial charge >= 0.3 is 0 Å². The second-order valence-electron chi connectivity index (χ2n) is 5.73.